The van der Waals surface area contributed by atoms with Gasteiger partial charge in [0.15, 0.2) is 15.0 Å². The van der Waals surface area contributed by atoms with Crippen LogP contribution in [0.15, 0.2) is 53.5 Å². The van der Waals surface area contributed by atoms with Gasteiger partial charge >= 0.3 is 0 Å². The fourth-order valence-electron chi connectivity index (χ4n) is 3.26. The Kier molecular flexibility index (Phi) is 5.54. The van der Waals surface area contributed by atoms with Gasteiger partial charge in [0.1, 0.15) is 12.4 Å². The summed E-state index contributed by atoms with van der Waals surface area (Å²) >= 11 is 7.49. The second-order valence-electron chi connectivity index (χ2n) is 6.83. The number of sulfone groups is 1. The van der Waals surface area contributed by atoms with Gasteiger partial charge in [-0.2, -0.15) is 0 Å². The number of hydrogen-bond donors (Lipinski definition) is 1. The van der Waals surface area contributed by atoms with E-state index in [-0.39, 0.29) is 41.1 Å². The molecule has 0 spiro atoms. The third kappa shape index (κ3) is 4.73. The van der Waals surface area contributed by atoms with Crippen molar-refractivity contribution in [2.45, 2.75) is 11.3 Å². The number of rotatable bonds is 4. The van der Waals surface area contributed by atoms with E-state index in [2.05, 4.69) is 10.3 Å². The van der Waals surface area contributed by atoms with Crippen LogP contribution in [0.3, 0.4) is 0 Å². The molecule has 1 saturated heterocycles. The topological polar surface area (TPSA) is 78.8 Å². The minimum atomic E-state index is -3.07. The van der Waals surface area contributed by atoms with Gasteiger partial charge in [0, 0.05) is 21.6 Å². The molecular formula is C19H17ClFN3O3S2. The van der Waals surface area contributed by atoms with E-state index in [4.69, 9.17) is 11.6 Å². The summed E-state index contributed by atoms with van der Waals surface area (Å²) in [5.74, 6) is -0.592. The van der Waals surface area contributed by atoms with Crippen LogP contribution in [0.1, 0.15) is 0 Å². The van der Waals surface area contributed by atoms with Gasteiger partial charge in [0.25, 0.3) is 0 Å². The molecule has 2 heterocycles. The van der Waals surface area contributed by atoms with Crippen molar-refractivity contribution >= 4 is 55.6 Å². The van der Waals surface area contributed by atoms with Crippen molar-refractivity contribution in [3.8, 4) is 0 Å². The molecule has 1 N–H and O–H groups in total. The lowest BCUT2D eigenvalue weighted by Crippen LogP contribution is -2.36. The minimum Gasteiger partial charge on any atom is -0.325 e. The first-order valence-electron chi connectivity index (χ1n) is 8.82. The second-order valence-corrected chi connectivity index (χ2v) is 10.6. The molecule has 0 bridgehead atoms. The molecule has 0 unspecified atom stereocenters. The third-order valence-electron chi connectivity index (χ3n) is 4.59. The molecule has 1 amide bonds. The Hall–Kier alpha value is -2.10. The van der Waals surface area contributed by atoms with E-state index in [1.807, 2.05) is 6.07 Å². The molecule has 2 aliphatic rings. The molecule has 4 rings (SSSR count). The first kappa shape index (κ1) is 20.2. The molecule has 152 valence electrons. The number of halogens is 2. The first-order valence-corrected chi connectivity index (χ1v) is 11.9. The standard InChI is InChI=1S/C19H17ClFN3O3S2/c20-12-2-1-3-15(8-12)24(9-18(25)22-14-6-4-13(21)5-7-14)19-23-16-10-29(26,27)11-17(16)28-19/h1-8,16-17H,9-11H2,(H,22,25)/t16-,17-/m0/s1. The number of anilines is 2. The van der Waals surface area contributed by atoms with Crippen molar-refractivity contribution in [3.05, 3.63) is 59.4 Å². The second kappa shape index (κ2) is 7.97. The van der Waals surface area contributed by atoms with E-state index in [0.29, 0.717) is 21.6 Å². The molecule has 10 heteroatoms. The molecule has 2 aromatic carbocycles. The summed E-state index contributed by atoms with van der Waals surface area (Å²) in [4.78, 5) is 18.9. The number of thioether (sulfide) groups is 1. The minimum absolute atomic E-state index is 0.0271. The molecule has 1 fully saturated rings. The normalized spacial score (nSPS) is 22.1. The number of amidine groups is 1. The highest BCUT2D eigenvalue weighted by Gasteiger charge is 2.44. The van der Waals surface area contributed by atoms with Gasteiger partial charge in [-0.25, -0.2) is 12.8 Å². The zero-order valence-electron chi connectivity index (χ0n) is 15.1. The summed E-state index contributed by atoms with van der Waals surface area (Å²) in [7, 11) is -3.07. The fourth-order valence-corrected chi connectivity index (χ4v) is 7.23. The first-order chi connectivity index (χ1) is 13.8. The number of fused-ring (bicyclic) bond motifs is 1. The Morgan fingerprint density at radius 2 is 2.00 bits per heavy atom. The van der Waals surface area contributed by atoms with Crippen molar-refractivity contribution in [2.75, 3.05) is 28.3 Å². The summed E-state index contributed by atoms with van der Waals surface area (Å²) in [6.07, 6.45) is 0. The van der Waals surface area contributed by atoms with Gasteiger partial charge in [-0.3, -0.25) is 9.79 Å². The van der Waals surface area contributed by atoms with Crippen molar-refractivity contribution in [1.82, 2.24) is 0 Å². The van der Waals surface area contributed by atoms with E-state index >= 15 is 0 Å². The molecule has 0 aromatic heterocycles. The maximum absolute atomic E-state index is 13.1. The Morgan fingerprint density at radius 1 is 1.24 bits per heavy atom. The summed E-state index contributed by atoms with van der Waals surface area (Å²) < 4.78 is 36.7. The van der Waals surface area contributed by atoms with E-state index in [9.17, 15) is 17.6 Å². The highest BCUT2D eigenvalue weighted by molar-refractivity contribution is 8.15. The third-order valence-corrected chi connectivity index (χ3v) is 8.07. The predicted octanol–water partition coefficient (Wildman–Crippen LogP) is 3.19. The smallest absolute Gasteiger partial charge is 0.244 e. The van der Waals surface area contributed by atoms with Crippen LogP contribution in [0.2, 0.25) is 5.02 Å². The molecule has 29 heavy (non-hydrogen) atoms. The number of carbonyl (C=O) groups is 1. The summed E-state index contributed by atoms with van der Waals surface area (Å²) in [5.41, 5.74) is 1.16. The molecule has 2 aliphatic heterocycles. The number of nitrogens with zero attached hydrogens (tertiary/aromatic N) is 2. The van der Waals surface area contributed by atoms with E-state index in [1.165, 1.54) is 36.0 Å². The number of carbonyl (C=O) groups excluding carboxylic acids is 1. The van der Waals surface area contributed by atoms with E-state index in [0.717, 1.165) is 0 Å². The maximum Gasteiger partial charge on any atom is 0.244 e. The van der Waals surface area contributed by atoms with Crippen LogP contribution < -0.4 is 10.2 Å². The van der Waals surface area contributed by atoms with E-state index in [1.54, 1.807) is 23.1 Å². The van der Waals surface area contributed by atoms with Crippen LogP contribution in [0.4, 0.5) is 15.8 Å². The van der Waals surface area contributed by atoms with Gasteiger partial charge in [-0.15, -0.1) is 0 Å². The molecule has 0 aliphatic carbocycles. The Morgan fingerprint density at radius 3 is 2.69 bits per heavy atom. The van der Waals surface area contributed by atoms with Crippen molar-refractivity contribution in [1.29, 1.82) is 0 Å². The summed E-state index contributed by atoms with van der Waals surface area (Å²) in [6.45, 7) is -0.0459. The Balaban J connectivity index is 1.56. The maximum atomic E-state index is 13.1. The lowest BCUT2D eigenvalue weighted by atomic mass is 10.2. The molecule has 6 nitrogen and oxygen atoms in total. The predicted molar refractivity (Wildman–Crippen MR) is 115 cm³/mol. The zero-order valence-corrected chi connectivity index (χ0v) is 17.5. The van der Waals surface area contributed by atoms with Crippen LogP contribution in [0.5, 0.6) is 0 Å². The SMILES string of the molecule is O=C(CN(C1=N[C@H]2CS(=O)(=O)C[C@@H]2S1)c1cccc(Cl)c1)Nc1ccc(F)cc1. The molecule has 2 aromatic rings. The number of aliphatic imine (C=N–C) groups is 1. The number of amides is 1. The summed E-state index contributed by atoms with van der Waals surface area (Å²) in [6, 6.07) is 12.2. The van der Waals surface area contributed by atoms with Crippen LogP contribution in [-0.2, 0) is 14.6 Å². The van der Waals surface area contributed by atoms with E-state index < -0.39 is 9.84 Å². The van der Waals surface area contributed by atoms with Crippen molar-refractivity contribution in [2.24, 2.45) is 4.99 Å². The van der Waals surface area contributed by atoms with Crippen LogP contribution in [0.25, 0.3) is 0 Å². The van der Waals surface area contributed by atoms with Crippen LogP contribution in [-0.4, -0.2) is 48.8 Å². The average molecular weight is 454 g/mol. The number of nitrogens with one attached hydrogen (secondary N) is 1. The number of benzene rings is 2. The van der Waals surface area contributed by atoms with Gasteiger partial charge in [0.2, 0.25) is 5.91 Å². The Labute approximate surface area is 177 Å². The van der Waals surface area contributed by atoms with Gasteiger partial charge in [-0.05, 0) is 42.5 Å². The zero-order chi connectivity index (χ0) is 20.6. The monoisotopic (exact) mass is 453 g/mol. The molecule has 0 saturated carbocycles. The van der Waals surface area contributed by atoms with Crippen molar-refractivity contribution < 1.29 is 17.6 Å². The lowest BCUT2D eigenvalue weighted by molar-refractivity contribution is -0.114. The number of hydrogen-bond acceptors (Lipinski definition) is 6. The lowest BCUT2D eigenvalue weighted by Gasteiger charge is -2.24. The summed E-state index contributed by atoms with van der Waals surface area (Å²) in [5, 5.41) is 3.69. The van der Waals surface area contributed by atoms with Crippen LogP contribution in [0, 0.1) is 5.82 Å². The molecule has 2 atom stereocenters. The quantitative estimate of drug-likeness (QED) is 0.769. The van der Waals surface area contributed by atoms with Crippen LogP contribution >= 0.6 is 23.4 Å². The van der Waals surface area contributed by atoms with Crippen molar-refractivity contribution in [3.63, 3.8) is 0 Å². The average Bonchev–Trinajstić information content (AvgIpc) is 3.15. The largest absolute Gasteiger partial charge is 0.325 e. The molecule has 0 radical (unpaired) electrons. The van der Waals surface area contributed by atoms with Gasteiger partial charge in [0.05, 0.1) is 17.5 Å². The molecular weight excluding hydrogens is 437 g/mol. The van der Waals surface area contributed by atoms with Gasteiger partial charge < -0.3 is 10.2 Å². The Bertz CT molecular complexity index is 1080. The highest BCUT2D eigenvalue weighted by Crippen LogP contribution is 2.37. The van der Waals surface area contributed by atoms with Gasteiger partial charge in [-0.1, -0.05) is 29.4 Å². The fraction of sp³-hybridized carbons (Fsp3) is 0.263. The highest BCUT2D eigenvalue weighted by atomic mass is 35.5.